The summed E-state index contributed by atoms with van der Waals surface area (Å²) in [6.07, 6.45) is 0.699. The highest BCUT2D eigenvalue weighted by atomic mass is 79.9. The molecule has 2 rings (SSSR count). The average molecular weight is 455 g/mol. The van der Waals surface area contributed by atoms with Crippen molar-refractivity contribution < 1.29 is 4.39 Å². The zero-order valence-electron chi connectivity index (χ0n) is 11.1. The summed E-state index contributed by atoms with van der Waals surface area (Å²) in [5.41, 5.74) is 1.90. The van der Waals surface area contributed by atoms with Crippen molar-refractivity contribution in [3.05, 3.63) is 69.5 Å². The molecule has 0 saturated heterocycles. The first kappa shape index (κ1) is 17.3. The Labute approximate surface area is 150 Å². The lowest BCUT2D eigenvalue weighted by Crippen LogP contribution is -2.33. The van der Waals surface area contributed by atoms with Gasteiger partial charge in [0.2, 0.25) is 0 Å². The van der Waals surface area contributed by atoms with E-state index in [-0.39, 0.29) is 11.2 Å². The van der Waals surface area contributed by atoms with Crippen LogP contribution in [0.4, 0.5) is 4.39 Å². The van der Waals surface area contributed by atoms with Crippen LogP contribution in [0.1, 0.15) is 11.1 Å². The molecule has 112 valence electrons. The van der Waals surface area contributed by atoms with Gasteiger partial charge < -0.3 is 0 Å². The third-order valence-corrected chi connectivity index (χ3v) is 6.26. The van der Waals surface area contributed by atoms with E-state index in [0.717, 1.165) is 21.8 Å². The van der Waals surface area contributed by atoms with Crippen LogP contribution in [0.5, 0.6) is 0 Å². The summed E-state index contributed by atoms with van der Waals surface area (Å²) in [6.45, 7) is 0. The Bertz CT molecular complexity index is 610. The molecule has 0 aliphatic rings. The standard InChI is InChI=1S/C16H13Br2Cl2F/c17-9-16(10-18,12-2-4-13(19)5-3-12)8-11-1-6-14(21)7-15(11)20/h1-7H,8-10H2. The Kier molecular flexibility index (Phi) is 6.13. The van der Waals surface area contributed by atoms with Crippen LogP contribution in [0.25, 0.3) is 0 Å². The molecule has 5 heteroatoms. The minimum absolute atomic E-state index is 0.175. The van der Waals surface area contributed by atoms with Gasteiger partial charge in [-0.1, -0.05) is 73.3 Å². The number of benzene rings is 2. The van der Waals surface area contributed by atoms with E-state index in [1.165, 1.54) is 12.1 Å². The third kappa shape index (κ3) is 4.01. The quantitative estimate of drug-likeness (QED) is 0.458. The van der Waals surface area contributed by atoms with E-state index in [1.54, 1.807) is 6.07 Å². The van der Waals surface area contributed by atoms with E-state index in [4.69, 9.17) is 23.2 Å². The summed E-state index contributed by atoms with van der Waals surface area (Å²) < 4.78 is 13.2. The fourth-order valence-corrected chi connectivity index (χ4v) is 4.55. The predicted octanol–water partition coefficient (Wildman–Crippen LogP) is 6.40. The molecule has 21 heavy (non-hydrogen) atoms. The van der Waals surface area contributed by atoms with Gasteiger partial charge in [0.1, 0.15) is 5.82 Å². The van der Waals surface area contributed by atoms with Crippen molar-refractivity contribution in [1.29, 1.82) is 0 Å². The molecule has 0 nitrogen and oxygen atoms in total. The Morgan fingerprint density at radius 1 is 0.952 bits per heavy atom. The highest BCUT2D eigenvalue weighted by Gasteiger charge is 2.31. The Morgan fingerprint density at radius 3 is 2.10 bits per heavy atom. The number of hydrogen-bond acceptors (Lipinski definition) is 0. The summed E-state index contributed by atoms with van der Waals surface area (Å²) in [6, 6.07) is 12.3. The third-order valence-electron chi connectivity index (χ3n) is 3.51. The van der Waals surface area contributed by atoms with Gasteiger partial charge in [-0.3, -0.25) is 0 Å². The number of alkyl halides is 2. The second-order valence-corrected chi connectivity index (χ2v) is 6.93. The van der Waals surface area contributed by atoms with Gasteiger partial charge in [-0.05, 0) is 41.8 Å². The van der Waals surface area contributed by atoms with Crippen molar-refractivity contribution >= 4 is 55.1 Å². The maximum atomic E-state index is 13.2. The minimum Gasteiger partial charge on any atom is -0.207 e. The van der Waals surface area contributed by atoms with Gasteiger partial charge in [-0.2, -0.15) is 0 Å². The molecular weight excluding hydrogens is 442 g/mol. The molecule has 0 atom stereocenters. The lowest BCUT2D eigenvalue weighted by atomic mass is 9.79. The Morgan fingerprint density at radius 2 is 1.57 bits per heavy atom. The molecule has 0 aromatic heterocycles. The normalized spacial score (nSPS) is 11.7. The van der Waals surface area contributed by atoms with Crippen LogP contribution in [0.2, 0.25) is 10.0 Å². The molecule has 0 aliphatic carbocycles. The average Bonchev–Trinajstić information content (AvgIpc) is 2.48. The Hall–Kier alpha value is -0.0900. The van der Waals surface area contributed by atoms with Crippen LogP contribution < -0.4 is 0 Å². The second kappa shape index (κ2) is 7.45. The highest BCUT2D eigenvalue weighted by molar-refractivity contribution is 9.09. The van der Waals surface area contributed by atoms with Crippen molar-refractivity contribution in [3.8, 4) is 0 Å². The van der Waals surface area contributed by atoms with Gasteiger partial charge in [0.25, 0.3) is 0 Å². The molecule has 0 spiro atoms. The van der Waals surface area contributed by atoms with Crippen LogP contribution in [0.3, 0.4) is 0 Å². The van der Waals surface area contributed by atoms with Gasteiger partial charge in [0.15, 0.2) is 0 Å². The minimum atomic E-state index is -0.321. The summed E-state index contributed by atoms with van der Waals surface area (Å²) in [5.74, 6) is -0.321. The first-order valence-corrected chi connectivity index (χ1v) is 9.32. The maximum absolute atomic E-state index is 13.2. The molecule has 0 fully saturated rings. The molecule has 0 amide bonds. The van der Waals surface area contributed by atoms with Crippen LogP contribution in [-0.2, 0) is 11.8 Å². The number of halogens is 5. The molecule has 0 heterocycles. The monoisotopic (exact) mass is 452 g/mol. The Balaban J connectivity index is 2.40. The first-order chi connectivity index (χ1) is 10.0. The zero-order valence-corrected chi connectivity index (χ0v) is 15.7. The van der Waals surface area contributed by atoms with Crippen molar-refractivity contribution in [3.63, 3.8) is 0 Å². The molecule has 0 bridgehead atoms. The summed E-state index contributed by atoms with van der Waals surface area (Å²) >= 11 is 19.3. The predicted molar refractivity (Wildman–Crippen MR) is 95.8 cm³/mol. The van der Waals surface area contributed by atoms with Gasteiger partial charge in [-0.25, -0.2) is 4.39 Å². The van der Waals surface area contributed by atoms with E-state index in [1.807, 2.05) is 24.3 Å². The van der Waals surface area contributed by atoms with Crippen LogP contribution >= 0.6 is 55.1 Å². The lowest BCUT2D eigenvalue weighted by molar-refractivity contribution is 0.549. The van der Waals surface area contributed by atoms with Crippen LogP contribution in [-0.4, -0.2) is 10.7 Å². The molecule has 0 N–H and O–H groups in total. The van der Waals surface area contributed by atoms with E-state index in [9.17, 15) is 4.39 Å². The SMILES string of the molecule is Fc1ccc(CC(CBr)(CBr)c2ccc(Cl)cc2)c(Cl)c1. The molecule has 0 aliphatic heterocycles. The van der Waals surface area contributed by atoms with Crippen LogP contribution in [0, 0.1) is 5.82 Å². The smallest absolute Gasteiger partial charge is 0.124 e. The molecule has 2 aromatic rings. The van der Waals surface area contributed by atoms with Gasteiger partial charge in [0.05, 0.1) is 0 Å². The molecule has 2 aromatic carbocycles. The summed E-state index contributed by atoms with van der Waals surface area (Å²) in [7, 11) is 0. The van der Waals surface area contributed by atoms with Crippen molar-refractivity contribution in [2.24, 2.45) is 0 Å². The zero-order chi connectivity index (χ0) is 15.5. The lowest BCUT2D eigenvalue weighted by Gasteiger charge is -2.31. The fraction of sp³-hybridized carbons (Fsp3) is 0.250. The topological polar surface area (TPSA) is 0 Å². The molecule has 0 radical (unpaired) electrons. The molecule has 0 unspecified atom stereocenters. The second-order valence-electron chi connectivity index (χ2n) is 4.97. The molecule has 0 saturated carbocycles. The van der Waals surface area contributed by atoms with E-state index < -0.39 is 0 Å². The largest absolute Gasteiger partial charge is 0.207 e. The molecular formula is C16H13Br2Cl2F. The maximum Gasteiger partial charge on any atom is 0.124 e. The number of rotatable bonds is 5. The van der Waals surface area contributed by atoms with E-state index in [2.05, 4.69) is 31.9 Å². The van der Waals surface area contributed by atoms with Crippen molar-refractivity contribution in [2.45, 2.75) is 11.8 Å². The van der Waals surface area contributed by atoms with Gasteiger partial charge in [-0.15, -0.1) is 0 Å². The summed E-state index contributed by atoms with van der Waals surface area (Å²) in [4.78, 5) is 0. The highest BCUT2D eigenvalue weighted by Crippen LogP contribution is 2.35. The van der Waals surface area contributed by atoms with Gasteiger partial charge >= 0.3 is 0 Å². The first-order valence-electron chi connectivity index (χ1n) is 6.33. The van der Waals surface area contributed by atoms with Crippen molar-refractivity contribution in [2.75, 3.05) is 10.7 Å². The fourth-order valence-electron chi connectivity index (χ4n) is 2.22. The van der Waals surface area contributed by atoms with Crippen LogP contribution in [0.15, 0.2) is 42.5 Å². The van der Waals surface area contributed by atoms with E-state index in [0.29, 0.717) is 16.5 Å². The van der Waals surface area contributed by atoms with Gasteiger partial charge in [0, 0.05) is 26.1 Å². The number of hydrogen-bond donors (Lipinski definition) is 0. The van der Waals surface area contributed by atoms with Crippen molar-refractivity contribution in [1.82, 2.24) is 0 Å². The van der Waals surface area contributed by atoms with E-state index >= 15 is 0 Å². The summed E-state index contributed by atoms with van der Waals surface area (Å²) in [5, 5.41) is 2.66.